The van der Waals surface area contributed by atoms with Crippen molar-refractivity contribution in [1.82, 2.24) is 14.5 Å². The van der Waals surface area contributed by atoms with Crippen LogP contribution in [0.1, 0.15) is 65.2 Å². The van der Waals surface area contributed by atoms with Gasteiger partial charge in [0.2, 0.25) is 0 Å². The average Bonchev–Trinajstić information content (AvgIpc) is 2.93. The van der Waals surface area contributed by atoms with Gasteiger partial charge in [-0.3, -0.25) is 4.79 Å². The van der Waals surface area contributed by atoms with Crippen LogP contribution in [0.4, 0.5) is 0 Å². The van der Waals surface area contributed by atoms with Gasteiger partial charge in [0.1, 0.15) is 11.7 Å². The molecule has 0 saturated carbocycles. The molecule has 2 atom stereocenters. The fourth-order valence-corrected chi connectivity index (χ4v) is 2.69. The second-order valence-corrected chi connectivity index (χ2v) is 7.92. The first-order valence-corrected chi connectivity index (χ1v) is 9.21. The third kappa shape index (κ3) is 8.01. The zero-order valence-corrected chi connectivity index (χ0v) is 16.7. The molecule has 6 nitrogen and oxygen atoms in total. The third-order valence-corrected chi connectivity index (χ3v) is 3.90. The molecular weight excluding hydrogens is 318 g/mol. The van der Waals surface area contributed by atoms with E-state index in [9.17, 15) is 9.90 Å². The van der Waals surface area contributed by atoms with Gasteiger partial charge in [-0.2, -0.15) is 0 Å². The first kappa shape index (κ1) is 21.6. The van der Waals surface area contributed by atoms with Crippen LogP contribution >= 0.6 is 0 Å². The van der Waals surface area contributed by atoms with Gasteiger partial charge in [0.05, 0.1) is 17.9 Å². The maximum Gasteiger partial charge on any atom is 0.312 e. The molecule has 6 heteroatoms. The molecule has 0 spiro atoms. The van der Waals surface area contributed by atoms with Crippen molar-refractivity contribution in [2.24, 2.45) is 5.92 Å². The minimum absolute atomic E-state index is 0.352. The Morgan fingerprint density at radius 2 is 2.04 bits per heavy atom. The molecular formula is C19H35N3O3. The van der Waals surface area contributed by atoms with Gasteiger partial charge in [-0.05, 0) is 60.7 Å². The second kappa shape index (κ2) is 9.92. The summed E-state index contributed by atoms with van der Waals surface area (Å²) in [6, 6.07) is 0. The summed E-state index contributed by atoms with van der Waals surface area (Å²) in [7, 11) is 4.06. The quantitative estimate of drug-likeness (QED) is 0.517. The predicted molar refractivity (Wildman–Crippen MR) is 99.2 cm³/mol. The van der Waals surface area contributed by atoms with Gasteiger partial charge in [0.15, 0.2) is 0 Å². The molecule has 1 aromatic rings. The Labute approximate surface area is 152 Å². The van der Waals surface area contributed by atoms with E-state index in [-0.39, 0.29) is 5.97 Å². The van der Waals surface area contributed by atoms with Crippen LogP contribution in [0.3, 0.4) is 0 Å². The van der Waals surface area contributed by atoms with Gasteiger partial charge in [-0.15, -0.1) is 0 Å². The molecule has 0 aliphatic heterocycles. The van der Waals surface area contributed by atoms with Crippen LogP contribution in [0.15, 0.2) is 12.5 Å². The lowest BCUT2D eigenvalue weighted by molar-refractivity contribution is -0.164. The molecule has 1 aromatic heterocycles. The van der Waals surface area contributed by atoms with E-state index in [1.54, 1.807) is 6.33 Å². The van der Waals surface area contributed by atoms with Crippen LogP contribution in [0.25, 0.3) is 0 Å². The lowest BCUT2D eigenvalue weighted by atomic mass is 9.93. The Hall–Kier alpha value is -1.40. The van der Waals surface area contributed by atoms with Crippen LogP contribution in [0, 0.1) is 5.92 Å². The second-order valence-electron chi connectivity index (χ2n) is 7.92. The van der Waals surface area contributed by atoms with Crippen molar-refractivity contribution in [3.8, 4) is 0 Å². The van der Waals surface area contributed by atoms with E-state index in [1.807, 2.05) is 45.6 Å². The minimum atomic E-state index is -0.938. The maximum atomic E-state index is 12.6. The molecule has 0 aliphatic carbocycles. The van der Waals surface area contributed by atoms with Gasteiger partial charge in [-0.1, -0.05) is 13.3 Å². The Morgan fingerprint density at radius 3 is 2.60 bits per heavy atom. The molecule has 1 rings (SSSR count). The van der Waals surface area contributed by atoms with E-state index in [4.69, 9.17) is 4.74 Å². The fourth-order valence-electron chi connectivity index (χ4n) is 2.69. The summed E-state index contributed by atoms with van der Waals surface area (Å²) >= 11 is 0. The molecule has 2 unspecified atom stereocenters. The molecule has 0 radical (unpaired) electrons. The molecule has 0 fully saturated rings. The summed E-state index contributed by atoms with van der Waals surface area (Å²) in [4.78, 5) is 19.0. The van der Waals surface area contributed by atoms with Gasteiger partial charge >= 0.3 is 5.97 Å². The van der Waals surface area contributed by atoms with Crippen molar-refractivity contribution in [3.05, 3.63) is 18.2 Å². The first-order chi connectivity index (χ1) is 11.6. The van der Waals surface area contributed by atoms with E-state index in [0.29, 0.717) is 12.1 Å². The number of hydrogen-bond acceptors (Lipinski definition) is 5. The number of unbranched alkanes of at least 4 members (excludes halogenated alkanes) is 1. The molecule has 144 valence electrons. The molecule has 0 bridgehead atoms. The predicted octanol–water partition coefficient (Wildman–Crippen LogP) is 3.02. The highest BCUT2D eigenvalue weighted by molar-refractivity contribution is 5.73. The molecule has 0 aliphatic rings. The molecule has 0 aromatic carbocycles. The first-order valence-electron chi connectivity index (χ1n) is 9.21. The largest absolute Gasteiger partial charge is 0.460 e. The summed E-state index contributed by atoms with van der Waals surface area (Å²) in [6.07, 6.45) is 6.01. The highest BCUT2D eigenvalue weighted by atomic mass is 16.6. The molecule has 1 heterocycles. The molecule has 0 amide bonds. The monoisotopic (exact) mass is 353 g/mol. The van der Waals surface area contributed by atoms with Crippen LogP contribution in [-0.4, -0.2) is 51.8 Å². The van der Waals surface area contributed by atoms with Gasteiger partial charge < -0.3 is 19.3 Å². The summed E-state index contributed by atoms with van der Waals surface area (Å²) < 4.78 is 7.47. The van der Waals surface area contributed by atoms with Gasteiger partial charge in [0, 0.05) is 12.7 Å². The van der Waals surface area contributed by atoms with Crippen molar-refractivity contribution >= 4 is 5.97 Å². The average molecular weight is 354 g/mol. The van der Waals surface area contributed by atoms with Crippen molar-refractivity contribution < 1.29 is 14.6 Å². The smallest absolute Gasteiger partial charge is 0.312 e. The summed E-state index contributed by atoms with van der Waals surface area (Å²) in [5.41, 5.74) is -0.0304. The number of esters is 1. The lowest BCUT2D eigenvalue weighted by Crippen LogP contribution is -2.32. The number of ether oxygens (including phenoxy) is 1. The number of aliphatic hydroxyl groups is 1. The number of rotatable bonds is 10. The Kier molecular flexibility index (Phi) is 8.59. The number of carbonyl (C=O) groups is 1. The topological polar surface area (TPSA) is 67.6 Å². The number of aromatic nitrogens is 2. The number of aliphatic hydroxyl groups excluding tert-OH is 1. The number of imidazole rings is 1. The summed E-state index contributed by atoms with van der Waals surface area (Å²) in [5, 5.41) is 10.8. The van der Waals surface area contributed by atoms with Crippen LogP contribution in [0.5, 0.6) is 0 Å². The fraction of sp³-hybridized carbons (Fsp3) is 0.789. The van der Waals surface area contributed by atoms with E-state index < -0.39 is 17.6 Å². The van der Waals surface area contributed by atoms with Crippen molar-refractivity contribution in [3.63, 3.8) is 0 Å². The summed E-state index contributed by atoms with van der Waals surface area (Å²) in [5.74, 6) is -0.943. The molecule has 1 N–H and O–H groups in total. The number of hydrogen-bond donors (Lipinski definition) is 1. The van der Waals surface area contributed by atoms with Crippen molar-refractivity contribution in [1.29, 1.82) is 0 Å². The van der Waals surface area contributed by atoms with Gasteiger partial charge in [-0.25, -0.2) is 4.98 Å². The van der Waals surface area contributed by atoms with E-state index >= 15 is 0 Å². The standard InChI is InChI=1S/C19H35N3O3/c1-7-11-22-13-16(20-14-22)17(23)15(10-8-9-12-21(5)6)18(24)25-19(2,3)4/h13-15,17,23H,7-12H2,1-6H3. The number of carbonyl (C=O) groups excluding carboxylic acids is 1. The van der Waals surface area contributed by atoms with E-state index in [1.165, 1.54) is 0 Å². The Morgan fingerprint density at radius 1 is 1.36 bits per heavy atom. The maximum absolute atomic E-state index is 12.6. The number of aryl methyl sites for hydroxylation is 1. The third-order valence-electron chi connectivity index (χ3n) is 3.90. The Balaban J connectivity index is 2.81. The van der Waals surface area contributed by atoms with Crippen LogP contribution in [-0.2, 0) is 16.1 Å². The van der Waals surface area contributed by atoms with Crippen molar-refractivity contribution in [2.75, 3.05) is 20.6 Å². The van der Waals surface area contributed by atoms with Crippen LogP contribution in [0.2, 0.25) is 0 Å². The Bertz CT molecular complexity index is 520. The van der Waals surface area contributed by atoms with E-state index in [0.717, 1.165) is 32.4 Å². The van der Waals surface area contributed by atoms with Gasteiger partial charge in [0.25, 0.3) is 0 Å². The molecule has 0 saturated heterocycles. The summed E-state index contributed by atoms with van der Waals surface area (Å²) in [6.45, 7) is 9.43. The highest BCUT2D eigenvalue weighted by Gasteiger charge is 2.33. The lowest BCUT2D eigenvalue weighted by Gasteiger charge is -2.26. The van der Waals surface area contributed by atoms with Crippen molar-refractivity contribution in [2.45, 2.75) is 71.6 Å². The molecule has 25 heavy (non-hydrogen) atoms. The zero-order valence-electron chi connectivity index (χ0n) is 16.7. The SMILES string of the molecule is CCCn1cnc(C(O)C(CCCCN(C)C)C(=O)OC(C)(C)C)c1. The normalized spacial score (nSPS) is 14.6. The number of nitrogens with zero attached hydrogens (tertiary/aromatic N) is 3. The van der Waals surface area contributed by atoms with Crippen LogP contribution < -0.4 is 0 Å². The highest BCUT2D eigenvalue weighted by Crippen LogP contribution is 2.28. The zero-order chi connectivity index (χ0) is 19.0. The van der Waals surface area contributed by atoms with E-state index in [2.05, 4.69) is 16.8 Å². The minimum Gasteiger partial charge on any atom is -0.460 e.